The zero-order chi connectivity index (χ0) is 22.0. The number of amides is 2. The maximum absolute atomic E-state index is 13.6. The number of anilines is 1. The van der Waals surface area contributed by atoms with Crippen LogP contribution in [0.3, 0.4) is 0 Å². The third-order valence-corrected chi connectivity index (χ3v) is 5.64. The first-order valence-electron chi connectivity index (χ1n) is 10.5. The quantitative estimate of drug-likeness (QED) is 0.669. The Balaban J connectivity index is 1.77. The number of ether oxygens (including phenoxy) is 2. The second-order valence-electron chi connectivity index (χ2n) is 7.62. The number of piperazine rings is 1. The molecule has 0 aliphatic carbocycles. The van der Waals surface area contributed by atoms with E-state index in [1.54, 1.807) is 31.4 Å². The SMILES string of the molecule is CCOc1ccc(C2=C(N3CCN(C)CC3)C(=O)N(c3cccc(OC)c3)C2=O)cc1. The highest BCUT2D eigenvalue weighted by Crippen LogP contribution is 2.36. The van der Waals surface area contributed by atoms with Gasteiger partial charge in [-0.25, -0.2) is 4.90 Å². The number of imide groups is 1. The summed E-state index contributed by atoms with van der Waals surface area (Å²) in [6.07, 6.45) is 0. The molecule has 0 unspecified atom stereocenters. The molecule has 1 saturated heterocycles. The molecule has 7 heteroatoms. The summed E-state index contributed by atoms with van der Waals surface area (Å²) >= 11 is 0. The average Bonchev–Trinajstić information content (AvgIpc) is 3.05. The summed E-state index contributed by atoms with van der Waals surface area (Å²) in [5, 5.41) is 0. The molecule has 0 atom stereocenters. The van der Waals surface area contributed by atoms with Gasteiger partial charge in [0.2, 0.25) is 0 Å². The Morgan fingerprint density at radius 3 is 2.26 bits per heavy atom. The van der Waals surface area contributed by atoms with E-state index in [2.05, 4.69) is 11.9 Å². The van der Waals surface area contributed by atoms with Gasteiger partial charge in [-0.2, -0.15) is 0 Å². The van der Waals surface area contributed by atoms with E-state index in [1.807, 2.05) is 36.1 Å². The van der Waals surface area contributed by atoms with E-state index in [9.17, 15) is 9.59 Å². The minimum atomic E-state index is -0.323. The Labute approximate surface area is 182 Å². The zero-order valence-electron chi connectivity index (χ0n) is 18.1. The molecule has 0 bridgehead atoms. The molecular formula is C24H27N3O4. The van der Waals surface area contributed by atoms with E-state index < -0.39 is 0 Å². The van der Waals surface area contributed by atoms with Gasteiger partial charge in [0.15, 0.2) is 0 Å². The number of nitrogens with zero attached hydrogens (tertiary/aromatic N) is 3. The number of hydrogen-bond acceptors (Lipinski definition) is 6. The number of rotatable bonds is 6. The van der Waals surface area contributed by atoms with Crippen LogP contribution in [0.15, 0.2) is 54.2 Å². The van der Waals surface area contributed by atoms with Gasteiger partial charge in [0.1, 0.15) is 17.2 Å². The standard InChI is InChI=1S/C24H27N3O4/c1-4-31-19-10-8-17(9-11-19)21-22(26-14-12-25(2)13-15-26)24(29)27(23(21)28)18-6-5-7-20(16-18)30-3/h5-11,16H,4,12-15H2,1-3H3. The van der Waals surface area contributed by atoms with Crippen molar-refractivity contribution < 1.29 is 19.1 Å². The van der Waals surface area contributed by atoms with Gasteiger partial charge in [0, 0.05) is 32.2 Å². The van der Waals surface area contributed by atoms with Crippen LogP contribution in [-0.4, -0.2) is 68.6 Å². The average molecular weight is 421 g/mol. The van der Waals surface area contributed by atoms with Crippen LogP contribution in [0.4, 0.5) is 5.69 Å². The smallest absolute Gasteiger partial charge is 0.282 e. The lowest BCUT2D eigenvalue weighted by molar-refractivity contribution is -0.120. The zero-order valence-corrected chi connectivity index (χ0v) is 18.1. The highest BCUT2D eigenvalue weighted by atomic mass is 16.5. The van der Waals surface area contributed by atoms with Gasteiger partial charge in [-0.1, -0.05) is 18.2 Å². The third-order valence-electron chi connectivity index (χ3n) is 5.64. The van der Waals surface area contributed by atoms with Crippen molar-refractivity contribution in [1.82, 2.24) is 9.80 Å². The molecular weight excluding hydrogens is 394 g/mol. The third kappa shape index (κ3) is 4.01. The van der Waals surface area contributed by atoms with E-state index in [0.717, 1.165) is 18.8 Å². The second kappa shape index (κ2) is 8.81. The molecule has 0 saturated carbocycles. The predicted molar refractivity (Wildman–Crippen MR) is 119 cm³/mol. The summed E-state index contributed by atoms with van der Waals surface area (Å²) in [4.78, 5) is 32.7. The van der Waals surface area contributed by atoms with E-state index in [1.165, 1.54) is 4.90 Å². The molecule has 2 aromatic rings. The van der Waals surface area contributed by atoms with Gasteiger partial charge in [0.05, 0.1) is 25.0 Å². The Hall–Kier alpha value is -3.32. The molecule has 0 aromatic heterocycles. The van der Waals surface area contributed by atoms with Crippen molar-refractivity contribution >= 4 is 23.1 Å². The number of carbonyl (C=O) groups is 2. The fourth-order valence-electron chi connectivity index (χ4n) is 3.97. The lowest BCUT2D eigenvalue weighted by Crippen LogP contribution is -2.46. The lowest BCUT2D eigenvalue weighted by Gasteiger charge is -2.34. The van der Waals surface area contributed by atoms with Crippen LogP contribution in [0.25, 0.3) is 5.57 Å². The molecule has 2 aliphatic rings. The maximum Gasteiger partial charge on any atom is 0.282 e. The van der Waals surface area contributed by atoms with Crippen LogP contribution in [0.5, 0.6) is 11.5 Å². The summed E-state index contributed by atoms with van der Waals surface area (Å²) in [6.45, 7) is 5.54. The Bertz CT molecular complexity index is 1010. The molecule has 2 aliphatic heterocycles. The molecule has 2 aromatic carbocycles. The van der Waals surface area contributed by atoms with Crippen LogP contribution < -0.4 is 14.4 Å². The normalized spacial score (nSPS) is 17.5. The molecule has 1 fully saturated rings. The Morgan fingerprint density at radius 2 is 1.61 bits per heavy atom. The van der Waals surface area contributed by atoms with Crippen LogP contribution in [0.2, 0.25) is 0 Å². The van der Waals surface area contributed by atoms with Gasteiger partial charge < -0.3 is 19.3 Å². The molecule has 2 heterocycles. The minimum Gasteiger partial charge on any atom is -0.497 e. The summed E-state index contributed by atoms with van der Waals surface area (Å²) in [5.41, 5.74) is 2.11. The van der Waals surface area contributed by atoms with Crippen molar-refractivity contribution in [2.45, 2.75) is 6.92 Å². The van der Waals surface area contributed by atoms with Crippen LogP contribution in [0.1, 0.15) is 12.5 Å². The fourth-order valence-corrected chi connectivity index (χ4v) is 3.97. The number of hydrogen-bond donors (Lipinski definition) is 0. The number of likely N-dealkylation sites (N-methyl/N-ethyl adjacent to an activating group) is 1. The largest absolute Gasteiger partial charge is 0.497 e. The van der Waals surface area contributed by atoms with Crippen LogP contribution >= 0.6 is 0 Å². The summed E-state index contributed by atoms with van der Waals surface area (Å²) < 4.78 is 10.8. The van der Waals surface area contributed by atoms with Gasteiger partial charge in [-0.3, -0.25) is 9.59 Å². The summed E-state index contributed by atoms with van der Waals surface area (Å²) in [6, 6.07) is 14.4. The number of methoxy groups -OCH3 is 1. The summed E-state index contributed by atoms with van der Waals surface area (Å²) in [5.74, 6) is 0.700. The van der Waals surface area contributed by atoms with Crippen molar-refractivity contribution in [3.63, 3.8) is 0 Å². The van der Waals surface area contributed by atoms with Crippen molar-refractivity contribution in [3.05, 3.63) is 59.8 Å². The first-order chi connectivity index (χ1) is 15.0. The predicted octanol–water partition coefficient (Wildman–Crippen LogP) is 2.63. The van der Waals surface area contributed by atoms with Crippen molar-refractivity contribution in [3.8, 4) is 11.5 Å². The molecule has 0 N–H and O–H groups in total. The van der Waals surface area contributed by atoms with Gasteiger partial charge in [-0.05, 0) is 43.8 Å². The molecule has 162 valence electrons. The van der Waals surface area contributed by atoms with E-state index in [4.69, 9.17) is 9.47 Å². The molecule has 7 nitrogen and oxygen atoms in total. The first kappa shape index (κ1) is 20.9. The van der Waals surface area contributed by atoms with Gasteiger partial charge in [-0.15, -0.1) is 0 Å². The molecule has 4 rings (SSSR count). The monoisotopic (exact) mass is 421 g/mol. The molecule has 0 radical (unpaired) electrons. The van der Waals surface area contributed by atoms with Crippen molar-refractivity contribution in [1.29, 1.82) is 0 Å². The number of carbonyl (C=O) groups excluding carboxylic acids is 2. The molecule has 0 spiro atoms. The lowest BCUT2D eigenvalue weighted by atomic mass is 10.0. The van der Waals surface area contributed by atoms with E-state index in [-0.39, 0.29) is 11.8 Å². The van der Waals surface area contributed by atoms with E-state index >= 15 is 0 Å². The second-order valence-corrected chi connectivity index (χ2v) is 7.62. The highest BCUT2D eigenvalue weighted by molar-refractivity contribution is 6.45. The van der Waals surface area contributed by atoms with Crippen molar-refractivity contribution in [2.75, 3.05) is 51.8 Å². The number of benzene rings is 2. The van der Waals surface area contributed by atoms with Crippen LogP contribution in [-0.2, 0) is 9.59 Å². The van der Waals surface area contributed by atoms with E-state index in [0.29, 0.717) is 48.0 Å². The summed E-state index contributed by atoms with van der Waals surface area (Å²) in [7, 11) is 3.62. The van der Waals surface area contributed by atoms with Gasteiger partial charge in [0.25, 0.3) is 11.8 Å². The molecule has 31 heavy (non-hydrogen) atoms. The Kier molecular flexibility index (Phi) is 5.95. The fraction of sp³-hybridized carbons (Fsp3) is 0.333. The molecule has 2 amide bonds. The minimum absolute atomic E-state index is 0.299. The van der Waals surface area contributed by atoms with Crippen LogP contribution in [0, 0.1) is 0 Å². The Morgan fingerprint density at radius 1 is 0.903 bits per heavy atom. The van der Waals surface area contributed by atoms with Crippen molar-refractivity contribution in [2.24, 2.45) is 0 Å². The van der Waals surface area contributed by atoms with Gasteiger partial charge >= 0.3 is 0 Å². The maximum atomic E-state index is 13.6. The topological polar surface area (TPSA) is 62.3 Å². The highest BCUT2D eigenvalue weighted by Gasteiger charge is 2.43. The first-order valence-corrected chi connectivity index (χ1v) is 10.5.